The first-order valence-electron chi connectivity index (χ1n) is 8.02. The third-order valence-corrected chi connectivity index (χ3v) is 5.76. The molecule has 0 spiro atoms. The summed E-state index contributed by atoms with van der Waals surface area (Å²) in [5, 5.41) is 3.38. The zero-order valence-corrected chi connectivity index (χ0v) is 15.3. The summed E-state index contributed by atoms with van der Waals surface area (Å²) in [6, 6.07) is 2.96. The SMILES string of the molecule is O=C(COC(=O)C[C@H]1C[C@@H]2CC[C@H]1C2)Nc1c(Cl)cc(Cl)cc1Cl. The van der Waals surface area contributed by atoms with Crippen LogP contribution in [0.5, 0.6) is 0 Å². The first-order chi connectivity index (χ1) is 11.4. The van der Waals surface area contributed by atoms with E-state index in [1.54, 1.807) is 0 Å². The number of esters is 1. The van der Waals surface area contributed by atoms with Gasteiger partial charge in [0.2, 0.25) is 0 Å². The first-order valence-corrected chi connectivity index (χ1v) is 9.15. The fourth-order valence-corrected chi connectivity index (χ4v) is 4.79. The molecule has 2 aliphatic rings. The van der Waals surface area contributed by atoms with E-state index < -0.39 is 5.91 Å². The molecular weight excluding hydrogens is 373 g/mol. The van der Waals surface area contributed by atoms with E-state index in [0.717, 1.165) is 12.3 Å². The van der Waals surface area contributed by atoms with Crippen LogP contribution < -0.4 is 5.32 Å². The molecular formula is C17H18Cl3NO3. The molecule has 1 amide bonds. The van der Waals surface area contributed by atoms with Gasteiger partial charge in [-0.1, -0.05) is 41.2 Å². The number of rotatable bonds is 5. The minimum atomic E-state index is -0.484. The second-order valence-electron chi connectivity index (χ2n) is 6.59. The molecule has 0 radical (unpaired) electrons. The number of carbonyl (C=O) groups is 2. The number of benzene rings is 1. The van der Waals surface area contributed by atoms with Crippen LogP contribution >= 0.6 is 34.8 Å². The molecule has 7 heteroatoms. The fourth-order valence-electron chi connectivity index (χ4n) is 3.88. The van der Waals surface area contributed by atoms with Crippen molar-refractivity contribution in [3.05, 3.63) is 27.2 Å². The van der Waals surface area contributed by atoms with Gasteiger partial charge >= 0.3 is 5.97 Å². The summed E-state index contributed by atoms with van der Waals surface area (Å²) in [5.41, 5.74) is 0.261. The summed E-state index contributed by atoms with van der Waals surface area (Å²) >= 11 is 17.8. The molecule has 3 rings (SSSR count). The highest BCUT2D eigenvalue weighted by Crippen LogP contribution is 2.49. The summed E-state index contributed by atoms with van der Waals surface area (Å²) in [7, 11) is 0. The molecule has 1 aromatic carbocycles. The lowest BCUT2D eigenvalue weighted by atomic mass is 9.86. The molecule has 3 atom stereocenters. The molecule has 24 heavy (non-hydrogen) atoms. The van der Waals surface area contributed by atoms with Crippen molar-refractivity contribution < 1.29 is 14.3 Å². The van der Waals surface area contributed by atoms with Crippen LogP contribution in [0.3, 0.4) is 0 Å². The highest BCUT2D eigenvalue weighted by Gasteiger charge is 2.40. The maximum absolute atomic E-state index is 11.9. The number of hydrogen-bond donors (Lipinski definition) is 1. The van der Waals surface area contributed by atoms with Crippen LogP contribution in [-0.4, -0.2) is 18.5 Å². The molecule has 4 nitrogen and oxygen atoms in total. The molecule has 2 aliphatic carbocycles. The Kier molecular flexibility index (Phi) is 5.58. The van der Waals surface area contributed by atoms with Crippen molar-refractivity contribution in [2.75, 3.05) is 11.9 Å². The van der Waals surface area contributed by atoms with Crippen LogP contribution in [0, 0.1) is 17.8 Å². The number of halogens is 3. The lowest BCUT2D eigenvalue weighted by Crippen LogP contribution is -2.23. The summed E-state index contributed by atoms with van der Waals surface area (Å²) in [6.45, 7) is -0.352. The third-order valence-electron chi connectivity index (χ3n) is 4.95. The molecule has 1 aromatic rings. The number of fused-ring (bicyclic) bond motifs is 2. The summed E-state index contributed by atoms with van der Waals surface area (Å²) in [6.07, 6.45) is 5.27. The molecule has 0 unspecified atom stereocenters. The maximum atomic E-state index is 11.9. The van der Waals surface area contributed by atoms with Crippen LogP contribution in [0.2, 0.25) is 15.1 Å². The standard InChI is InChI=1S/C17H18Cl3NO3/c18-12-6-13(19)17(14(20)7-12)21-15(22)8-24-16(23)5-11-4-9-1-2-10(11)3-9/h6-7,9-11H,1-5,8H2,(H,21,22)/t9-,10+,11-/m1/s1. The Hall–Kier alpha value is -0.970. The molecule has 1 N–H and O–H groups in total. The van der Waals surface area contributed by atoms with Gasteiger partial charge in [0, 0.05) is 11.4 Å². The van der Waals surface area contributed by atoms with Gasteiger partial charge in [-0.2, -0.15) is 0 Å². The highest BCUT2D eigenvalue weighted by atomic mass is 35.5. The van der Waals surface area contributed by atoms with Crippen molar-refractivity contribution in [3.63, 3.8) is 0 Å². The summed E-state index contributed by atoms with van der Waals surface area (Å²) in [4.78, 5) is 23.9. The molecule has 0 aliphatic heterocycles. The van der Waals surface area contributed by atoms with Gasteiger partial charge in [-0.25, -0.2) is 0 Å². The Balaban J connectivity index is 1.46. The number of nitrogens with one attached hydrogen (secondary N) is 1. The number of anilines is 1. The Morgan fingerprint density at radius 3 is 2.42 bits per heavy atom. The minimum absolute atomic E-state index is 0.231. The second-order valence-corrected chi connectivity index (χ2v) is 7.84. The van der Waals surface area contributed by atoms with Crippen molar-refractivity contribution in [1.29, 1.82) is 0 Å². The molecule has 2 fully saturated rings. The number of ether oxygens (including phenoxy) is 1. The monoisotopic (exact) mass is 389 g/mol. The molecule has 0 heterocycles. The summed E-state index contributed by atoms with van der Waals surface area (Å²) < 4.78 is 5.09. The zero-order valence-electron chi connectivity index (χ0n) is 13.0. The van der Waals surface area contributed by atoms with Crippen LogP contribution in [0.15, 0.2) is 12.1 Å². The van der Waals surface area contributed by atoms with Gasteiger partial charge in [-0.3, -0.25) is 9.59 Å². The number of amides is 1. The Bertz CT molecular complexity index is 641. The van der Waals surface area contributed by atoms with Crippen LogP contribution in [0.4, 0.5) is 5.69 Å². The molecule has 0 aromatic heterocycles. The predicted octanol–water partition coefficient (Wildman–Crippen LogP) is 4.95. The Morgan fingerprint density at radius 2 is 1.83 bits per heavy atom. The largest absolute Gasteiger partial charge is 0.456 e. The van der Waals surface area contributed by atoms with E-state index in [9.17, 15) is 9.59 Å². The highest BCUT2D eigenvalue weighted by molar-refractivity contribution is 6.42. The molecule has 130 valence electrons. The lowest BCUT2D eigenvalue weighted by molar-refractivity contribution is -0.148. The molecule has 2 bridgehead atoms. The topological polar surface area (TPSA) is 55.4 Å². The van der Waals surface area contributed by atoms with Gasteiger partial charge < -0.3 is 10.1 Å². The van der Waals surface area contributed by atoms with Crippen LogP contribution in [0.1, 0.15) is 32.1 Å². The Morgan fingerprint density at radius 1 is 1.12 bits per heavy atom. The Labute approximate surface area is 155 Å². The van der Waals surface area contributed by atoms with E-state index in [2.05, 4.69) is 5.32 Å². The predicted molar refractivity (Wildman–Crippen MR) is 94.6 cm³/mol. The summed E-state index contributed by atoms with van der Waals surface area (Å²) in [5.74, 6) is 1.05. The first kappa shape index (κ1) is 17.8. The fraction of sp³-hybridized carbons (Fsp3) is 0.529. The van der Waals surface area contributed by atoms with Crippen molar-refractivity contribution in [1.82, 2.24) is 0 Å². The van der Waals surface area contributed by atoms with E-state index in [1.165, 1.54) is 31.4 Å². The van der Waals surface area contributed by atoms with E-state index in [1.807, 2.05) is 0 Å². The smallest absolute Gasteiger partial charge is 0.306 e. The van der Waals surface area contributed by atoms with Gasteiger partial charge in [0.15, 0.2) is 6.61 Å². The molecule has 2 saturated carbocycles. The number of carbonyl (C=O) groups excluding carboxylic acids is 2. The van der Waals surface area contributed by atoms with Gasteiger partial charge in [0.25, 0.3) is 5.91 Å². The lowest BCUT2D eigenvalue weighted by Gasteiger charge is -2.20. The van der Waals surface area contributed by atoms with E-state index in [4.69, 9.17) is 39.5 Å². The second kappa shape index (κ2) is 7.51. The van der Waals surface area contributed by atoms with Crippen LogP contribution in [0.25, 0.3) is 0 Å². The molecule has 0 saturated heterocycles. The van der Waals surface area contributed by atoms with Crippen LogP contribution in [-0.2, 0) is 14.3 Å². The van der Waals surface area contributed by atoms with Gasteiger partial charge in [-0.05, 0) is 49.1 Å². The average Bonchev–Trinajstić information content (AvgIpc) is 3.11. The zero-order chi connectivity index (χ0) is 17.3. The van der Waals surface area contributed by atoms with E-state index in [0.29, 0.717) is 23.3 Å². The quantitative estimate of drug-likeness (QED) is 0.723. The van der Waals surface area contributed by atoms with Crippen molar-refractivity contribution in [3.8, 4) is 0 Å². The number of hydrogen-bond acceptors (Lipinski definition) is 3. The van der Waals surface area contributed by atoms with Crippen molar-refractivity contribution >= 4 is 52.4 Å². The van der Waals surface area contributed by atoms with Gasteiger partial charge in [0.1, 0.15) is 0 Å². The normalized spacial score (nSPS) is 24.9. The van der Waals surface area contributed by atoms with Gasteiger partial charge in [0.05, 0.1) is 15.7 Å². The van der Waals surface area contributed by atoms with E-state index >= 15 is 0 Å². The van der Waals surface area contributed by atoms with Crippen molar-refractivity contribution in [2.45, 2.75) is 32.1 Å². The van der Waals surface area contributed by atoms with E-state index in [-0.39, 0.29) is 28.3 Å². The third kappa shape index (κ3) is 4.16. The minimum Gasteiger partial charge on any atom is -0.456 e. The van der Waals surface area contributed by atoms with Gasteiger partial charge in [-0.15, -0.1) is 0 Å². The van der Waals surface area contributed by atoms with Crippen molar-refractivity contribution in [2.24, 2.45) is 17.8 Å². The average molecular weight is 391 g/mol. The maximum Gasteiger partial charge on any atom is 0.306 e.